The minimum absolute atomic E-state index is 0.0561. The van der Waals surface area contributed by atoms with Crippen LogP contribution in [0.3, 0.4) is 0 Å². The molecule has 2 aliphatic rings. The van der Waals surface area contributed by atoms with Gasteiger partial charge in [0.25, 0.3) is 0 Å². The SMILES string of the molecule is CC(Cn1nc(C(F)(F)F)cc1C1CC1)c1nc(-c2ccc3c(c2)OCCO3)cs1. The topological polar surface area (TPSA) is 49.2 Å². The Balaban J connectivity index is 1.36. The summed E-state index contributed by atoms with van der Waals surface area (Å²) >= 11 is 1.50. The molecule has 0 amide bonds. The lowest BCUT2D eigenvalue weighted by molar-refractivity contribution is -0.141. The molecule has 3 heterocycles. The molecule has 0 saturated heterocycles. The maximum Gasteiger partial charge on any atom is 0.435 e. The Kier molecular flexibility index (Phi) is 4.72. The van der Waals surface area contributed by atoms with Gasteiger partial charge in [0.1, 0.15) is 13.2 Å². The molecule has 30 heavy (non-hydrogen) atoms. The van der Waals surface area contributed by atoms with Crippen LogP contribution in [-0.2, 0) is 12.7 Å². The number of alkyl halides is 3. The van der Waals surface area contributed by atoms with Crippen LogP contribution in [0.2, 0.25) is 0 Å². The van der Waals surface area contributed by atoms with E-state index in [1.165, 1.54) is 22.1 Å². The van der Waals surface area contributed by atoms with E-state index < -0.39 is 11.9 Å². The zero-order chi connectivity index (χ0) is 20.9. The monoisotopic (exact) mass is 435 g/mol. The number of halogens is 3. The third-order valence-corrected chi connectivity index (χ3v) is 6.40. The Morgan fingerprint density at radius 1 is 1.17 bits per heavy atom. The third-order valence-electron chi connectivity index (χ3n) is 5.33. The average Bonchev–Trinajstić information content (AvgIpc) is 3.27. The lowest BCUT2D eigenvalue weighted by Crippen LogP contribution is -2.15. The molecule has 5 rings (SSSR count). The number of fused-ring (bicyclic) bond motifs is 1. The largest absolute Gasteiger partial charge is 0.486 e. The molecule has 0 N–H and O–H groups in total. The van der Waals surface area contributed by atoms with E-state index in [0.717, 1.165) is 34.9 Å². The number of ether oxygens (including phenoxy) is 2. The Labute approximate surface area is 175 Å². The number of rotatable bonds is 5. The van der Waals surface area contributed by atoms with E-state index in [4.69, 9.17) is 14.5 Å². The summed E-state index contributed by atoms with van der Waals surface area (Å²) in [6.45, 7) is 3.40. The highest BCUT2D eigenvalue weighted by Crippen LogP contribution is 2.43. The number of benzene rings is 1. The van der Waals surface area contributed by atoms with E-state index in [1.54, 1.807) is 0 Å². The zero-order valence-electron chi connectivity index (χ0n) is 16.3. The van der Waals surface area contributed by atoms with Gasteiger partial charge >= 0.3 is 6.18 Å². The van der Waals surface area contributed by atoms with Gasteiger partial charge in [-0.05, 0) is 37.1 Å². The van der Waals surface area contributed by atoms with E-state index in [0.29, 0.717) is 31.2 Å². The van der Waals surface area contributed by atoms with Crippen molar-refractivity contribution < 1.29 is 22.6 Å². The van der Waals surface area contributed by atoms with Gasteiger partial charge in [-0.3, -0.25) is 4.68 Å². The van der Waals surface area contributed by atoms with Crippen molar-refractivity contribution in [1.29, 1.82) is 0 Å². The van der Waals surface area contributed by atoms with Gasteiger partial charge < -0.3 is 9.47 Å². The van der Waals surface area contributed by atoms with Crippen LogP contribution in [0.15, 0.2) is 29.6 Å². The number of hydrogen-bond donors (Lipinski definition) is 0. The molecule has 2 aromatic heterocycles. The van der Waals surface area contributed by atoms with Crippen LogP contribution in [0.5, 0.6) is 11.5 Å². The Hall–Kier alpha value is -2.55. The van der Waals surface area contributed by atoms with Crippen molar-refractivity contribution in [3.63, 3.8) is 0 Å². The van der Waals surface area contributed by atoms with Crippen LogP contribution in [0, 0.1) is 0 Å². The van der Waals surface area contributed by atoms with Gasteiger partial charge in [0, 0.05) is 28.5 Å². The molecule has 1 aliphatic heterocycles. The van der Waals surface area contributed by atoms with E-state index in [2.05, 4.69) is 5.10 Å². The Morgan fingerprint density at radius 2 is 1.93 bits per heavy atom. The molecule has 1 aliphatic carbocycles. The lowest BCUT2D eigenvalue weighted by atomic mass is 10.1. The van der Waals surface area contributed by atoms with E-state index in [1.807, 2.05) is 30.5 Å². The second kappa shape index (κ2) is 7.30. The lowest BCUT2D eigenvalue weighted by Gasteiger charge is -2.18. The standard InChI is InChI=1S/C21H20F3N3O2S/c1-12(10-27-16(13-2-3-13)9-19(26-27)21(22,23)24)20-25-15(11-30-20)14-4-5-17-18(8-14)29-7-6-28-17/h4-5,8-9,11-13H,2-3,6-7,10H2,1H3. The van der Waals surface area contributed by atoms with E-state index in [-0.39, 0.29) is 11.8 Å². The van der Waals surface area contributed by atoms with Crippen molar-refractivity contribution >= 4 is 11.3 Å². The van der Waals surface area contributed by atoms with Crippen molar-refractivity contribution in [2.75, 3.05) is 13.2 Å². The highest BCUT2D eigenvalue weighted by atomic mass is 32.1. The maximum absolute atomic E-state index is 13.1. The molecule has 1 unspecified atom stereocenters. The summed E-state index contributed by atoms with van der Waals surface area (Å²) < 4.78 is 52.1. The fourth-order valence-electron chi connectivity index (χ4n) is 3.61. The molecule has 1 atom stereocenters. The van der Waals surface area contributed by atoms with Crippen LogP contribution in [0.1, 0.15) is 48.0 Å². The van der Waals surface area contributed by atoms with Crippen molar-refractivity contribution in [2.45, 2.75) is 44.3 Å². The van der Waals surface area contributed by atoms with Crippen molar-refractivity contribution in [2.24, 2.45) is 0 Å². The zero-order valence-corrected chi connectivity index (χ0v) is 17.1. The predicted molar refractivity (Wildman–Crippen MR) is 106 cm³/mol. The van der Waals surface area contributed by atoms with Crippen LogP contribution in [0.25, 0.3) is 11.3 Å². The summed E-state index contributed by atoms with van der Waals surface area (Å²) in [5.74, 6) is 1.55. The third kappa shape index (κ3) is 3.78. The Morgan fingerprint density at radius 3 is 2.67 bits per heavy atom. The molecule has 3 aromatic rings. The molecule has 0 spiro atoms. The molecule has 1 saturated carbocycles. The number of aromatic nitrogens is 3. The fourth-order valence-corrected chi connectivity index (χ4v) is 4.49. The first-order chi connectivity index (χ1) is 14.4. The first-order valence-corrected chi connectivity index (χ1v) is 10.8. The first-order valence-electron chi connectivity index (χ1n) is 9.89. The summed E-state index contributed by atoms with van der Waals surface area (Å²) in [5, 5.41) is 6.69. The second-order valence-electron chi connectivity index (χ2n) is 7.74. The molecule has 1 fully saturated rings. The van der Waals surface area contributed by atoms with Gasteiger partial charge in [-0.2, -0.15) is 18.3 Å². The van der Waals surface area contributed by atoms with Gasteiger partial charge in [-0.25, -0.2) is 4.98 Å². The molecule has 5 nitrogen and oxygen atoms in total. The predicted octanol–water partition coefficient (Wildman–Crippen LogP) is 5.48. The van der Waals surface area contributed by atoms with Crippen LogP contribution in [0.4, 0.5) is 13.2 Å². The summed E-state index contributed by atoms with van der Waals surface area (Å²) in [5.41, 5.74) is 1.61. The second-order valence-corrected chi connectivity index (χ2v) is 8.63. The Bertz CT molecular complexity index is 1070. The van der Waals surface area contributed by atoms with Crippen LogP contribution in [-0.4, -0.2) is 28.0 Å². The van der Waals surface area contributed by atoms with Crippen molar-refractivity contribution in [3.05, 3.63) is 46.0 Å². The smallest absolute Gasteiger partial charge is 0.435 e. The molecule has 0 bridgehead atoms. The van der Waals surface area contributed by atoms with Crippen molar-refractivity contribution in [1.82, 2.24) is 14.8 Å². The van der Waals surface area contributed by atoms with Gasteiger partial charge in [-0.1, -0.05) is 6.92 Å². The van der Waals surface area contributed by atoms with E-state index >= 15 is 0 Å². The number of thiazole rings is 1. The van der Waals surface area contributed by atoms with Gasteiger partial charge in [0.05, 0.1) is 17.2 Å². The normalized spacial score (nSPS) is 17.2. The van der Waals surface area contributed by atoms with Crippen molar-refractivity contribution in [3.8, 4) is 22.8 Å². The minimum Gasteiger partial charge on any atom is -0.486 e. The maximum atomic E-state index is 13.1. The molecule has 9 heteroatoms. The molecule has 1 aromatic carbocycles. The summed E-state index contributed by atoms with van der Waals surface area (Å²) in [6.07, 6.45) is -2.59. The van der Waals surface area contributed by atoms with Crippen LogP contribution < -0.4 is 9.47 Å². The average molecular weight is 435 g/mol. The van der Waals surface area contributed by atoms with Gasteiger partial charge in [0.2, 0.25) is 0 Å². The van der Waals surface area contributed by atoms with Gasteiger partial charge in [-0.15, -0.1) is 11.3 Å². The quantitative estimate of drug-likeness (QED) is 0.533. The highest BCUT2D eigenvalue weighted by molar-refractivity contribution is 7.10. The summed E-state index contributed by atoms with van der Waals surface area (Å²) in [4.78, 5) is 4.73. The fraction of sp³-hybridized carbons (Fsp3) is 0.429. The summed E-state index contributed by atoms with van der Waals surface area (Å²) in [6, 6.07) is 6.92. The highest BCUT2D eigenvalue weighted by Gasteiger charge is 2.38. The first kappa shape index (κ1) is 19.4. The van der Waals surface area contributed by atoms with E-state index in [9.17, 15) is 13.2 Å². The number of nitrogens with zero attached hydrogens (tertiary/aromatic N) is 3. The number of hydrogen-bond acceptors (Lipinski definition) is 5. The minimum atomic E-state index is -4.43. The molecular weight excluding hydrogens is 415 g/mol. The summed E-state index contributed by atoms with van der Waals surface area (Å²) in [7, 11) is 0. The van der Waals surface area contributed by atoms with Gasteiger partial charge in [0.15, 0.2) is 17.2 Å². The molecule has 158 valence electrons. The van der Waals surface area contributed by atoms with Crippen LogP contribution >= 0.6 is 11.3 Å². The molecular formula is C21H20F3N3O2S. The molecule has 0 radical (unpaired) electrons.